The molecular formula is C25H28N4O3. The maximum absolute atomic E-state index is 12.8. The summed E-state index contributed by atoms with van der Waals surface area (Å²) in [6, 6.07) is 17.3. The van der Waals surface area contributed by atoms with Crippen LogP contribution in [0.15, 0.2) is 73.1 Å². The Balaban J connectivity index is 1.63. The highest BCUT2D eigenvalue weighted by Crippen LogP contribution is 2.18. The van der Waals surface area contributed by atoms with Crippen LogP contribution in [0.4, 0.5) is 17.1 Å². The molecule has 0 aliphatic rings. The van der Waals surface area contributed by atoms with Gasteiger partial charge in [-0.2, -0.15) is 0 Å². The molecule has 1 unspecified atom stereocenters. The van der Waals surface area contributed by atoms with Crippen LogP contribution in [0, 0.1) is 0 Å². The Hall–Kier alpha value is -3.87. The molecule has 3 rings (SSSR count). The highest BCUT2D eigenvalue weighted by Gasteiger charge is 2.21. The van der Waals surface area contributed by atoms with Crippen LogP contribution in [0.25, 0.3) is 0 Å². The molecule has 0 saturated carbocycles. The Bertz CT molecular complexity index is 1010. The summed E-state index contributed by atoms with van der Waals surface area (Å²) in [5.74, 6) is 0.181. The van der Waals surface area contributed by atoms with Gasteiger partial charge in [0.2, 0.25) is 5.91 Å². The summed E-state index contributed by atoms with van der Waals surface area (Å²) >= 11 is 0. The van der Waals surface area contributed by atoms with E-state index in [1.165, 1.54) is 0 Å². The lowest BCUT2D eigenvalue weighted by molar-refractivity contribution is -0.118. The zero-order valence-corrected chi connectivity index (χ0v) is 18.3. The molecule has 0 spiro atoms. The van der Waals surface area contributed by atoms with Gasteiger partial charge < -0.3 is 20.7 Å². The van der Waals surface area contributed by atoms with Gasteiger partial charge in [-0.05, 0) is 67.1 Å². The van der Waals surface area contributed by atoms with Gasteiger partial charge in [0.1, 0.15) is 11.8 Å². The fraction of sp³-hybridized carbons (Fsp3) is 0.240. The average Bonchev–Trinajstić information content (AvgIpc) is 2.83. The number of methoxy groups -OCH3 is 1. The first-order valence-electron chi connectivity index (χ1n) is 10.6. The van der Waals surface area contributed by atoms with Crippen molar-refractivity contribution < 1.29 is 14.3 Å². The van der Waals surface area contributed by atoms with Gasteiger partial charge in [0.05, 0.1) is 7.11 Å². The molecule has 7 nitrogen and oxygen atoms in total. The monoisotopic (exact) mass is 432 g/mol. The summed E-state index contributed by atoms with van der Waals surface area (Å²) in [5.41, 5.74) is 2.90. The number of carbonyl (C=O) groups is 2. The van der Waals surface area contributed by atoms with Crippen molar-refractivity contribution in [3.05, 3.63) is 78.6 Å². The van der Waals surface area contributed by atoms with Crippen molar-refractivity contribution in [3.8, 4) is 5.75 Å². The Kier molecular flexibility index (Phi) is 8.20. The molecule has 1 atom stereocenters. The number of nitrogens with one attached hydrogen (secondary N) is 3. The predicted octanol–water partition coefficient (Wildman–Crippen LogP) is 4.76. The number of anilines is 3. The SMILES string of the molecule is CCCCC(NC(=O)c1ccc(Nc2ccncc2)cc1)C(=O)Nc1ccc(OC)cc1. The van der Waals surface area contributed by atoms with Gasteiger partial charge >= 0.3 is 0 Å². The van der Waals surface area contributed by atoms with Crippen molar-refractivity contribution in [1.82, 2.24) is 10.3 Å². The van der Waals surface area contributed by atoms with Gasteiger partial charge in [-0.25, -0.2) is 0 Å². The number of unbranched alkanes of at least 4 members (excludes halogenated alkanes) is 1. The third-order valence-electron chi connectivity index (χ3n) is 4.94. The van der Waals surface area contributed by atoms with Crippen LogP contribution in [0.3, 0.4) is 0 Å². The van der Waals surface area contributed by atoms with E-state index in [0.717, 1.165) is 24.2 Å². The molecular weight excluding hydrogens is 404 g/mol. The number of hydrogen-bond acceptors (Lipinski definition) is 5. The molecule has 166 valence electrons. The smallest absolute Gasteiger partial charge is 0.251 e. The summed E-state index contributed by atoms with van der Waals surface area (Å²) in [5, 5.41) is 8.99. The molecule has 3 aromatic rings. The quantitative estimate of drug-likeness (QED) is 0.430. The number of ether oxygens (including phenoxy) is 1. The second-order valence-electron chi connectivity index (χ2n) is 7.32. The van der Waals surface area contributed by atoms with Crippen molar-refractivity contribution >= 4 is 28.9 Å². The van der Waals surface area contributed by atoms with Crippen molar-refractivity contribution in [2.75, 3.05) is 17.7 Å². The Morgan fingerprint density at radius 2 is 1.53 bits per heavy atom. The lowest BCUT2D eigenvalue weighted by Gasteiger charge is -2.18. The van der Waals surface area contributed by atoms with E-state index in [-0.39, 0.29) is 11.8 Å². The molecule has 1 aromatic heterocycles. The maximum Gasteiger partial charge on any atom is 0.251 e. The molecule has 1 heterocycles. The van der Waals surface area contributed by atoms with Crippen LogP contribution in [0.1, 0.15) is 36.5 Å². The minimum absolute atomic E-state index is 0.243. The number of benzene rings is 2. The number of nitrogens with zero attached hydrogens (tertiary/aromatic N) is 1. The number of pyridine rings is 1. The molecule has 0 bridgehead atoms. The molecule has 2 amide bonds. The van der Waals surface area contributed by atoms with Gasteiger partial charge in [-0.3, -0.25) is 14.6 Å². The first kappa shape index (κ1) is 22.8. The summed E-state index contributed by atoms with van der Waals surface area (Å²) in [4.78, 5) is 29.6. The van der Waals surface area contributed by atoms with E-state index >= 15 is 0 Å². The van der Waals surface area contributed by atoms with E-state index in [0.29, 0.717) is 23.4 Å². The maximum atomic E-state index is 12.8. The van der Waals surface area contributed by atoms with Crippen molar-refractivity contribution in [1.29, 1.82) is 0 Å². The topological polar surface area (TPSA) is 92.4 Å². The highest BCUT2D eigenvalue weighted by molar-refractivity contribution is 6.01. The number of rotatable bonds is 10. The minimum Gasteiger partial charge on any atom is -0.497 e. The highest BCUT2D eigenvalue weighted by atomic mass is 16.5. The number of hydrogen-bond donors (Lipinski definition) is 3. The molecule has 0 aliphatic carbocycles. The predicted molar refractivity (Wildman–Crippen MR) is 126 cm³/mol. The Morgan fingerprint density at radius 3 is 2.16 bits per heavy atom. The minimum atomic E-state index is -0.626. The van der Waals surface area contributed by atoms with Crippen LogP contribution in [0.2, 0.25) is 0 Å². The van der Waals surface area contributed by atoms with Crippen molar-refractivity contribution in [2.24, 2.45) is 0 Å². The zero-order chi connectivity index (χ0) is 22.8. The molecule has 3 N–H and O–H groups in total. The third kappa shape index (κ3) is 6.57. The van der Waals surface area contributed by atoms with E-state index in [4.69, 9.17) is 4.74 Å². The summed E-state index contributed by atoms with van der Waals surface area (Å²) in [7, 11) is 1.59. The molecule has 0 saturated heterocycles. The van der Waals surface area contributed by atoms with Gasteiger partial charge in [-0.1, -0.05) is 19.8 Å². The van der Waals surface area contributed by atoms with Gasteiger partial charge in [0.25, 0.3) is 5.91 Å². The molecule has 32 heavy (non-hydrogen) atoms. The Morgan fingerprint density at radius 1 is 0.906 bits per heavy atom. The van der Waals surface area contributed by atoms with Gasteiger partial charge in [0.15, 0.2) is 0 Å². The first-order chi connectivity index (χ1) is 15.6. The molecule has 0 fully saturated rings. The van der Waals surface area contributed by atoms with Crippen LogP contribution < -0.4 is 20.7 Å². The van der Waals surface area contributed by atoms with Crippen molar-refractivity contribution in [2.45, 2.75) is 32.2 Å². The summed E-state index contributed by atoms with van der Waals surface area (Å²) in [6.07, 6.45) is 5.73. The number of amides is 2. The van der Waals surface area contributed by atoms with E-state index in [1.54, 1.807) is 55.9 Å². The molecule has 0 aliphatic heterocycles. The van der Waals surface area contributed by atoms with E-state index in [9.17, 15) is 9.59 Å². The molecule has 7 heteroatoms. The summed E-state index contributed by atoms with van der Waals surface area (Å²) < 4.78 is 5.14. The first-order valence-corrected chi connectivity index (χ1v) is 10.6. The Labute approximate surface area is 188 Å². The lowest BCUT2D eigenvalue weighted by Crippen LogP contribution is -2.43. The van der Waals surface area contributed by atoms with Crippen LogP contribution in [0.5, 0.6) is 5.75 Å². The standard InChI is InChI=1S/C25H28N4O3/c1-3-4-5-23(25(31)28-20-10-12-22(32-2)13-11-20)29-24(30)18-6-8-19(9-7-18)27-21-14-16-26-17-15-21/h6-17,23H,3-5H2,1-2H3,(H,26,27)(H,28,31)(H,29,30). The number of carbonyl (C=O) groups excluding carboxylic acids is 2. The average molecular weight is 433 g/mol. The van der Waals surface area contributed by atoms with E-state index in [1.807, 2.05) is 24.3 Å². The fourth-order valence-corrected chi connectivity index (χ4v) is 3.13. The summed E-state index contributed by atoms with van der Waals surface area (Å²) in [6.45, 7) is 2.05. The zero-order valence-electron chi connectivity index (χ0n) is 18.3. The van der Waals surface area contributed by atoms with E-state index in [2.05, 4.69) is 27.9 Å². The van der Waals surface area contributed by atoms with Crippen LogP contribution in [-0.4, -0.2) is 29.9 Å². The molecule has 2 aromatic carbocycles. The van der Waals surface area contributed by atoms with Gasteiger partial charge in [-0.15, -0.1) is 0 Å². The van der Waals surface area contributed by atoms with Crippen LogP contribution >= 0.6 is 0 Å². The van der Waals surface area contributed by atoms with E-state index < -0.39 is 6.04 Å². The number of aromatic nitrogens is 1. The van der Waals surface area contributed by atoms with Gasteiger partial charge in [0, 0.05) is 35.0 Å². The lowest BCUT2D eigenvalue weighted by atomic mass is 10.1. The second kappa shape index (κ2) is 11.5. The third-order valence-corrected chi connectivity index (χ3v) is 4.94. The molecule has 0 radical (unpaired) electrons. The fourth-order valence-electron chi connectivity index (χ4n) is 3.13. The van der Waals surface area contributed by atoms with Crippen molar-refractivity contribution in [3.63, 3.8) is 0 Å². The second-order valence-corrected chi connectivity index (χ2v) is 7.32. The normalized spacial score (nSPS) is 11.3. The largest absolute Gasteiger partial charge is 0.497 e. The van der Waals surface area contributed by atoms with Crippen LogP contribution in [-0.2, 0) is 4.79 Å².